The maximum absolute atomic E-state index is 13.4. The highest BCUT2D eigenvalue weighted by Gasteiger charge is 2.24. The highest BCUT2D eigenvalue weighted by atomic mass is 32.2. The van der Waals surface area contributed by atoms with Gasteiger partial charge < -0.3 is 5.11 Å². The number of thiophene rings is 1. The molecule has 0 unspecified atom stereocenters. The minimum Gasteiger partial charge on any atom is -0.477 e. The molecule has 1 aromatic heterocycles. The Morgan fingerprint density at radius 3 is 2.58 bits per heavy atom. The van der Waals surface area contributed by atoms with Gasteiger partial charge in [-0.3, -0.25) is 4.72 Å². The molecule has 1 aromatic carbocycles. The molecule has 0 aliphatic rings. The Morgan fingerprint density at radius 2 is 1.95 bits per heavy atom. The van der Waals surface area contributed by atoms with Gasteiger partial charge in [0.25, 0.3) is 10.0 Å². The van der Waals surface area contributed by atoms with Crippen LogP contribution in [-0.2, 0) is 10.0 Å². The van der Waals surface area contributed by atoms with Gasteiger partial charge in [-0.2, -0.15) is 0 Å². The van der Waals surface area contributed by atoms with Crippen molar-refractivity contribution in [1.82, 2.24) is 0 Å². The molecule has 8 heteroatoms. The monoisotopic (exact) mass is 301 g/mol. The molecule has 5 nitrogen and oxygen atoms in total. The van der Waals surface area contributed by atoms with Crippen LogP contribution >= 0.6 is 11.3 Å². The fraction of sp³-hybridized carbons (Fsp3) is 0. The molecule has 0 saturated heterocycles. The topological polar surface area (TPSA) is 83.5 Å². The lowest BCUT2D eigenvalue weighted by atomic mass is 10.3. The number of carbonyl (C=O) groups is 1. The molecular formula is C11H8FNO4S2. The minimum absolute atomic E-state index is 0.231. The van der Waals surface area contributed by atoms with E-state index >= 15 is 0 Å². The van der Waals surface area contributed by atoms with Crippen molar-refractivity contribution < 1.29 is 22.7 Å². The first-order chi connectivity index (χ1) is 8.92. The van der Waals surface area contributed by atoms with E-state index in [4.69, 9.17) is 5.11 Å². The zero-order valence-electron chi connectivity index (χ0n) is 9.33. The Balaban J connectivity index is 2.41. The first-order valence-electron chi connectivity index (χ1n) is 5.00. The largest absolute Gasteiger partial charge is 0.477 e. The Kier molecular flexibility index (Phi) is 3.54. The molecular weight excluding hydrogens is 293 g/mol. The standard InChI is InChI=1S/C11H8FNO4S2/c12-7-3-1-2-4-8(7)13-19(16,17)9-5-6-18-10(9)11(14)15/h1-6,13H,(H,14,15). The lowest BCUT2D eigenvalue weighted by Crippen LogP contribution is -2.15. The number of anilines is 1. The van der Waals surface area contributed by atoms with E-state index in [2.05, 4.69) is 0 Å². The fourth-order valence-electron chi connectivity index (χ4n) is 1.41. The van der Waals surface area contributed by atoms with Crippen molar-refractivity contribution in [2.45, 2.75) is 4.90 Å². The number of rotatable bonds is 4. The van der Waals surface area contributed by atoms with Gasteiger partial charge in [0.1, 0.15) is 15.6 Å². The van der Waals surface area contributed by atoms with Crippen LogP contribution in [0.2, 0.25) is 0 Å². The van der Waals surface area contributed by atoms with Crippen LogP contribution in [0.25, 0.3) is 0 Å². The molecule has 1 heterocycles. The van der Waals surface area contributed by atoms with Gasteiger partial charge in [-0.1, -0.05) is 12.1 Å². The quantitative estimate of drug-likeness (QED) is 0.908. The second kappa shape index (κ2) is 4.98. The van der Waals surface area contributed by atoms with Gasteiger partial charge in [-0.15, -0.1) is 11.3 Å². The van der Waals surface area contributed by atoms with Crippen molar-refractivity contribution in [1.29, 1.82) is 0 Å². The predicted molar refractivity (Wildman–Crippen MR) is 68.5 cm³/mol. The number of hydrogen-bond acceptors (Lipinski definition) is 4. The molecule has 100 valence electrons. The summed E-state index contributed by atoms with van der Waals surface area (Å²) in [6, 6.07) is 6.40. The first-order valence-corrected chi connectivity index (χ1v) is 7.36. The van der Waals surface area contributed by atoms with Gasteiger partial charge in [0, 0.05) is 0 Å². The number of halogens is 1. The van der Waals surface area contributed by atoms with Crippen molar-refractivity contribution in [2.75, 3.05) is 4.72 Å². The molecule has 0 saturated carbocycles. The molecule has 0 spiro atoms. The van der Waals surface area contributed by atoms with Crippen molar-refractivity contribution >= 4 is 33.0 Å². The SMILES string of the molecule is O=C(O)c1sccc1S(=O)(=O)Nc1ccccc1F. The second-order valence-electron chi connectivity index (χ2n) is 3.50. The normalized spacial score (nSPS) is 11.2. The van der Waals surface area contributed by atoms with Crippen molar-refractivity contribution in [2.24, 2.45) is 0 Å². The summed E-state index contributed by atoms with van der Waals surface area (Å²) < 4.78 is 39.4. The zero-order chi connectivity index (χ0) is 14.0. The van der Waals surface area contributed by atoms with Gasteiger partial charge >= 0.3 is 5.97 Å². The van der Waals surface area contributed by atoms with E-state index in [0.717, 1.165) is 23.5 Å². The lowest BCUT2D eigenvalue weighted by molar-refractivity contribution is 0.0698. The molecule has 0 fully saturated rings. The third kappa shape index (κ3) is 2.74. The van der Waals surface area contributed by atoms with Crippen LogP contribution in [-0.4, -0.2) is 19.5 Å². The van der Waals surface area contributed by atoms with Crippen molar-refractivity contribution in [3.63, 3.8) is 0 Å². The average Bonchev–Trinajstić information content (AvgIpc) is 2.82. The van der Waals surface area contributed by atoms with Crippen LogP contribution in [0, 0.1) is 5.82 Å². The number of aromatic carboxylic acids is 1. The third-order valence-electron chi connectivity index (χ3n) is 2.23. The van der Waals surface area contributed by atoms with E-state index < -0.39 is 21.8 Å². The predicted octanol–water partition coefficient (Wildman–Crippen LogP) is 2.39. The molecule has 0 bridgehead atoms. The molecule has 0 aliphatic heterocycles. The van der Waals surface area contributed by atoms with Crippen molar-refractivity contribution in [3.05, 3.63) is 46.4 Å². The van der Waals surface area contributed by atoms with Crippen LogP contribution in [0.3, 0.4) is 0 Å². The number of benzene rings is 1. The number of hydrogen-bond donors (Lipinski definition) is 2. The summed E-state index contributed by atoms with van der Waals surface area (Å²) in [6.45, 7) is 0. The van der Waals surface area contributed by atoms with Crippen LogP contribution in [0.15, 0.2) is 40.6 Å². The maximum atomic E-state index is 13.4. The summed E-state index contributed by atoms with van der Waals surface area (Å²) in [7, 11) is -4.13. The molecule has 0 amide bonds. The Bertz CT molecular complexity index is 724. The number of carboxylic acid groups (broad SMARTS) is 1. The number of carboxylic acids is 1. The van der Waals surface area contributed by atoms with Gasteiger partial charge in [0.2, 0.25) is 0 Å². The van der Waals surface area contributed by atoms with Crippen LogP contribution in [0.1, 0.15) is 9.67 Å². The first kappa shape index (κ1) is 13.5. The smallest absolute Gasteiger partial charge is 0.347 e. The summed E-state index contributed by atoms with van der Waals surface area (Å²) in [6.07, 6.45) is 0. The summed E-state index contributed by atoms with van der Waals surface area (Å²) >= 11 is 0.787. The molecule has 19 heavy (non-hydrogen) atoms. The summed E-state index contributed by atoms with van der Waals surface area (Å²) in [5.74, 6) is -2.08. The zero-order valence-corrected chi connectivity index (χ0v) is 11.0. The van der Waals surface area contributed by atoms with Crippen LogP contribution in [0.4, 0.5) is 10.1 Å². The highest BCUT2D eigenvalue weighted by molar-refractivity contribution is 7.93. The average molecular weight is 301 g/mol. The van der Waals surface area contributed by atoms with E-state index in [1.165, 1.54) is 23.6 Å². The Labute approximate surface area is 112 Å². The van der Waals surface area contributed by atoms with Gasteiger partial charge in [0.15, 0.2) is 0 Å². The lowest BCUT2D eigenvalue weighted by Gasteiger charge is -2.08. The fourth-order valence-corrected chi connectivity index (χ4v) is 3.74. The van der Waals surface area contributed by atoms with E-state index in [-0.39, 0.29) is 15.5 Å². The summed E-state index contributed by atoms with van der Waals surface area (Å²) in [5.41, 5.74) is -0.231. The van der Waals surface area contributed by atoms with E-state index in [1.807, 2.05) is 4.72 Å². The number of para-hydroxylation sites is 1. The van der Waals surface area contributed by atoms with E-state index in [0.29, 0.717) is 0 Å². The van der Waals surface area contributed by atoms with Gasteiger partial charge in [-0.05, 0) is 23.6 Å². The highest BCUT2D eigenvalue weighted by Crippen LogP contribution is 2.25. The molecule has 0 aliphatic carbocycles. The molecule has 2 N–H and O–H groups in total. The van der Waals surface area contributed by atoms with Crippen LogP contribution in [0.5, 0.6) is 0 Å². The Morgan fingerprint density at radius 1 is 1.26 bits per heavy atom. The molecule has 2 aromatic rings. The third-order valence-corrected chi connectivity index (χ3v) is 4.67. The molecule has 0 atom stereocenters. The summed E-state index contributed by atoms with van der Waals surface area (Å²) in [5, 5.41) is 10.2. The Hall–Kier alpha value is -1.93. The van der Waals surface area contributed by atoms with E-state index in [1.54, 1.807) is 0 Å². The molecule has 2 rings (SSSR count). The van der Waals surface area contributed by atoms with Crippen LogP contribution < -0.4 is 4.72 Å². The van der Waals surface area contributed by atoms with E-state index in [9.17, 15) is 17.6 Å². The summed E-state index contributed by atoms with van der Waals surface area (Å²) in [4.78, 5) is 10.2. The number of nitrogens with one attached hydrogen (secondary N) is 1. The van der Waals surface area contributed by atoms with Crippen molar-refractivity contribution in [3.8, 4) is 0 Å². The molecule has 0 radical (unpaired) electrons. The second-order valence-corrected chi connectivity index (χ2v) is 6.07. The number of sulfonamides is 1. The van der Waals surface area contributed by atoms with Gasteiger partial charge in [-0.25, -0.2) is 17.6 Å². The maximum Gasteiger partial charge on any atom is 0.347 e. The van der Waals surface area contributed by atoms with Gasteiger partial charge in [0.05, 0.1) is 5.69 Å². The minimum atomic E-state index is -4.13.